The summed E-state index contributed by atoms with van der Waals surface area (Å²) in [6, 6.07) is 9.31. The second kappa shape index (κ2) is 7.94. The molecule has 0 atom stereocenters. The smallest absolute Gasteiger partial charge is 0.250 e. The second-order valence-electron chi connectivity index (χ2n) is 6.19. The monoisotopic (exact) mass is 363 g/mol. The lowest BCUT2D eigenvalue weighted by atomic mass is 10.1. The van der Waals surface area contributed by atoms with Crippen molar-refractivity contribution >= 4 is 17.2 Å². The van der Waals surface area contributed by atoms with E-state index in [1.165, 1.54) is 0 Å². The number of aryl methyl sites for hydroxylation is 2. The number of anilines is 1. The maximum Gasteiger partial charge on any atom is 0.250 e. The number of imidazole rings is 1. The third-order valence-electron chi connectivity index (χ3n) is 4.38. The maximum absolute atomic E-state index is 11.6. The molecule has 2 heterocycles. The first kappa shape index (κ1) is 18.5. The zero-order chi connectivity index (χ0) is 19.4. The van der Waals surface area contributed by atoms with Gasteiger partial charge in [-0.15, -0.1) is 12.3 Å². The number of benzene rings is 1. The van der Waals surface area contributed by atoms with Crippen LogP contribution >= 0.6 is 0 Å². The fraction of sp³-hybridized carbons (Fsp3) is 0.238. The SMILES string of the molecule is C#CCc1c(C)nc2c(OCc3c(C)cccc3NC(=O)CO)cccn12. The van der Waals surface area contributed by atoms with Gasteiger partial charge in [-0.05, 0) is 37.6 Å². The third kappa shape index (κ3) is 3.78. The molecule has 2 aromatic heterocycles. The number of rotatable bonds is 6. The highest BCUT2D eigenvalue weighted by Gasteiger charge is 2.14. The fourth-order valence-electron chi connectivity index (χ4n) is 2.98. The normalized spacial score (nSPS) is 10.6. The van der Waals surface area contributed by atoms with Gasteiger partial charge in [0.05, 0.1) is 17.8 Å². The maximum atomic E-state index is 11.6. The van der Waals surface area contributed by atoms with E-state index in [4.69, 9.17) is 16.3 Å². The molecule has 0 radical (unpaired) electrons. The van der Waals surface area contributed by atoms with Gasteiger partial charge in [-0.3, -0.25) is 9.20 Å². The number of carbonyl (C=O) groups excluding carboxylic acids is 1. The lowest BCUT2D eigenvalue weighted by Gasteiger charge is -2.14. The van der Waals surface area contributed by atoms with Crippen molar-refractivity contribution in [2.45, 2.75) is 26.9 Å². The van der Waals surface area contributed by atoms with Gasteiger partial charge in [0.1, 0.15) is 13.2 Å². The van der Waals surface area contributed by atoms with Crippen LogP contribution in [-0.2, 0) is 17.8 Å². The second-order valence-corrected chi connectivity index (χ2v) is 6.19. The van der Waals surface area contributed by atoms with Crippen LogP contribution < -0.4 is 10.1 Å². The van der Waals surface area contributed by atoms with Gasteiger partial charge in [-0.25, -0.2) is 4.98 Å². The van der Waals surface area contributed by atoms with E-state index in [1.54, 1.807) is 6.07 Å². The van der Waals surface area contributed by atoms with Crippen molar-refractivity contribution in [1.29, 1.82) is 0 Å². The van der Waals surface area contributed by atoms with Crippen LogP contribution in [0.1, 0.15) is 22.5 Å². The molecule has 3 aromatic rings. The fourth-order valence-corrected chi connectivity index (χ4v) is 2.98. The number of fused-ring (bicyclic) bond motifs is 1. The highest BCUT2D eigenvalue weighted by atomic mass is 16.5. The van der Waals surface area contributed by atoms with E-state index in [1.807, 2.05) is 48.7 Å². The summed E-state index contributed by atoms with van der Waals surface area (Å²) in [6.07, 6.45) is 7.87. The average molecular weight is 363 g/mol. The summed E-state index contributed by atoms with van der Waals surface area (Å²) in [4.78, 5) is 16.2. The molecule has 0 fully saturated rings. The summed E-state index contributed by atoms with van der Waals surface area (Å²) in [5.41, 5.74) is 4.97. The summed E-state index contributed by atoms with van der Waals surface area (Å²) in [5.74, 6) is 2.82. The van der Waals surface area contributed by atoms with Crippen LogP contribution in [0.3, 0.4) is 0 Å². The van der Waals surface area contributed by atoms with Crippen LogP contribution in [0.5, 0.6) is 5.75 Å². The largest absolute Gasteiger partial charge is 0.485 e. The number of nitrogens with zero attached hydrogens (tertiary/aromatic N) is 2. The lowest BCUT2D eigenvalue weighted by Crippen LogP contribution is -2.17. The molecule has 0 bridgehead atoms. The number of nitrogens with one attached hydrogen (secondary N) is 1. The molecule has 3 rings (SSSR count). The molecule has 0 unspecified atom stereocenters. The molecule has 0 saturated carbocycles. The Bertz CT molecular complexity index is 1030. The van der Waals surface area contributed by atoms with E-state index in [0.29, 0.717) is 23.5 Å². The van der Waals surface area contributed by atoms with Crippen LogP contribution in [0.25, 0.3) is 5.65 Å². The van der Waals surface area contributed by atoms with E-state index in [-0.39, 0.29) is 6.61 Å². The summed E-state index contributed by atoms with van der Waals surface area (Å²) in [7, 11) is 0. The van der Waals surface area contributed by atoms with Crippen LogP contribution in [0.2, 0.25) is 0 Å². The Kier molecular flexibility index (Phi) is 5.43. The summed E-state index contributed by atoms with van der Waals surface area (Å²) < 4.78 is 7.98. The molecule has 6 nitrogen and oxygen atoms in total. The van der Waals surface area contributed by atoms with E-state index < -0.39 is 12.5 Å². The van der Waals surface area contributed by atoms with E-state index in [9.17, 15) is 4.79 Å². The van der Waals surface area contributed by atoms with Crippen LogP contribution in [0, 0.1) is 26.2 Å². The highest BCUT2D eigenvalue weighted by Crippen LogP contribution is 2.26. The minimum atomic E-state index is -0.571. The molecule has 0 saturated heterocycles. The van der Waals surface area contributed by atoms with Crippen molar-refractivity contribution in [2.75, 3.05) is 11.9 Å². The zero-order valence-corrected chi connectivity index (χ0v) is 15.3. The Morgan fingerprint density at radius 1 is 1.33 bits per heavy atom. The van der Waals surface area contributed by atoms with Gasteiger partial charge in [0.25, 0.3) is 0 Å². The van der Waals surface area contributed by atoms with E-state index >= 15 is 0 Å². The number of amides is 1. The van der Waals surface area contributed by atoms with E-state index in [0.717, 1.165) is 22.5 Å². The molecule has 1 amide bonds. The number of carbonyl (C=O) groups is 1. The summed E-state index contributed by atoms with van der Waals surface area (Å²) >= 11 is 0. The van der Waals surface area contributed by atoms with Crippen molar-refractivity contribution in [3.05, 3.63) is 59.0 Å². The number of aromatic nitrogens is 2. The minimum absolute atomic E-state index is 0.254. The minimum Gasteiger partial charge on any atom is -0.485 e. The van der Waals surface area contributed by atoms with Crippen LogP contribution in [0.15, 0.2) is 36.5 Å². The number of ether oxygens (including phenoxy) is 1. The Balaban J connectivity index is 1.91. The number of aliphatic hydroxyl groups is 1. The van der Waals surface area contributed by atoms with Crippen LogP contribution in [-0.4, -0.2) is 27.0 Å². The van der Waals surface area contributed by atoms with Crippen molar-refractivity contribution < 1.29 is 14.6 Å². The number of hydrogen-bond acceptors (Lipinski definition) is 4. The number of hydrogen-bond donors (Lipinski definition) is 2. The Morgan fingerprint density at radius 2 is 2.15 bits per heavy atom. The summed E-state index contributed by atoms with van der Waals surface area (Å²) in [6.45, 7) is 3.55. The van der Waals surface area contributed by atoms with Crippen molar-refractivity contribution in [1.82, 2.24) is 9.38 Å². The molecular formula is C21H21N3O3. The third-order valence-corrected chi connectivity index (χ3v) is 4.38. The first-order valence-corrected chi connectivity index (χ1v) is 8.57. The molecule has 6 heteroatoms. The number of terminal acetylenes is 1. The number of pyridine rings is 1. The van der Waals surface area contributed by atoms with Gasteiger partial charge in [0.2, 0.25) is 5.91 Å². The predicted octanol–water partition coefficient (Wildman–Crippen LogP) is 2.64. The van der Waals surface area contributed by atoms with Crippen molar-refractivity contribution in [3.63, 3.8) is 0 Å². The Labute approximate surface area is 157 Å². The molecule has 138 valence electrons. The molecule has 0 aliphatic rings. The van der Waals surface area contributed by atoms with Gasteiger partial charge in [-0.1, -0.05) is 12.1 Å². The number of aliphatic hydroxyl groups excluding tert-OH is 1. The summed E-state index contributed by atoms with van der Waals surface area (Å²) in [5, 5.41) is 11.7. The zero-order valence-electron chi connectivity index (χ0n) is 15.3. The molecular weight excluding hydrogens is 342 g/mol. The van der Waals surface area contributed by atoms with Gasteiger partial charge < -0.3 is 15.2 Å². The van der Waals surface area contributed by atoms with Gasteiger partial charge in [-0.2, -0.15) is 0 Å². The Hall–Kier alpha value is -3.30. The van der Waals surface area contributed by atoms with Gasteiger partial charge >= 0.3 is 0 Å². The van der Waals surface area contributed by atoms with Crippen LogP contribution in [0.4, 0.5) is 5.69 Å². The average Bonchev–Trinajstić information content (AvgIpc) is 2.98. The van der Waals surface area contributed by atoms with Gasteiger partial charge in [0, 0.05) is 17.4 Å². The molecule has 0 aliphatic carbocycles. The predicted molar refractivity (Wildman–Crippen MR) is 104 cm³/mol. The molecule has 0 spiro atoms. The van der Waals surface area contributed by atoms with Crippen molar-refractivity contribution in [2.24, 2.45) is 0 Å². The van der Waals surface area contributed by atoms with Gasteiger partial charge in [0.15, 0.2) is 11.4 Å². The quantitative estimate of drug-likeness (QED) is 0.660. The van der Waals surface area contributed by atoms with E-state index in [2.05, 4.69) is 16.2 Å². The lowest BCUT2D eigenvalue weighted by molar-refractivity contribution is -0.118. The molecule has 0 aliphatic heterocycles. The first-order valence-electron chi connectivity index (χ1n) is 8.57. The highest BCUT2D eigenvalue weighted by molar-refractivity contribution is 5.92. The Morgan fingerprint density at radius 3 is 2.89 bits per heavy atom. The molecule has 2 N–H and O–H groups in total. The molecule has 27 heavy (non-hydrogen) atoms. The topological polar surface area (TPSA) is 75.9 Å². The first-order chi connectivity index (χ1) is 13.0. The molecule has 1 aromatic carbocycles. The standard InChI is InChI=1S/C21H21N3O3/c1-4-7-18-15(3)22-21-19(10-6-11-24(18)21)27-13-16-14(2)8-5-9-17(16)23-20(26)12-25/h1,5-6,8-11,25H,7,12-13H2,2-3H3,(H,23,26). The van der Waals surface area contributed by atoms with Crippen molar-refractivity contribution in [3.8, 4) is 18.1 Å².